The molecule has 22 heavy (non-hydrogen) atoms. The number of aliphatic imine (C=N–C) groups is 1. The molecule has 2 aromatic carbocycles. The quantitative estimate of drug-likeness (QED) is 0.572. The van der Waals surface area contributed by atoms with Gasteiger partial charge in [0.1, 0.15) is 5.71 Å². The van der Waals surface area contributed by atoms with Crippen LogP contribution in [0.2, 0.25) is 0 Å². The third-order valence-electron chi connectivity index (χ3n) is 2.90. The minimum absolute atomic E-state index is 0.346. The van der Waals surface area contributed by atoms with Crippen LogP contribution in [0.15, 0.2) is 64.5 Å². The molecule has 0 aromatic heterocycles. The Morgan fingerprint density at radius 1 is 1.14 bits per heavy atom. The lowest BCUT2D eigenvalue weighted by Crippen LogP contribution is -2.27. The number of para-hydroxylation sites is 1. The van der Waals surface area contributed by atoms with Crippen LogP contribution in [0.1, 0.15) is 5.56 Å². The fourth-order valence-corrected chi connectivity index (χ4v) is 3.02. The second-order valence-electron chi connectivity index (χ2n) is 4.69. The Morgan fingerprint density at radius 2 is 1.73 bits per heavy atom. The highest BCUT2D eigenvalue weighted by atomic mass is 35.5. The van der Waals surface area contributed by atoms with E-state index in [2.05, 4.69) is 4.99 Å². The Balaban J connectivity index is 2.26. The van der Waals surface area contributed by atoms with Crippen LogP contribution < -0.4 is 0 Å². The van der Waals surface area contributed by atoms with Gasteiger partial charge >= 0.3 is 5.38 Å². The zero-order valence-electron chi connectivity index (χ0n) is 11.8. The Hall–Kier alpha value is -1.59. The van der Waals surface area contributed by atoms with E-state index in [9.17, 15) is 13.0 Å². The highest BCUT2D eigenvalue weighted by Crippen LogP contribution is 2.25. The van der Waals surface area contributed by atoms with Gasteiger partial charge in [0.05, 0.1) is 22.2 Å². The van der Waals surface area contributed by atoms with E-state index in [0.29, 0.717) is 10.6 Å². The molecule has 2 nitrogen and oxygen atoms in total. The van der Waals surface area contributed by atoms with E-state index in [-0.39, 0.29) is 0 Å². The van der Waals surface area contributed by atoms with Crippen LogP contribution in [-0.2, 0) is 10.8 Å². The number of halogens is 3. The van der Waals surface area contributed by atoms with Gasteiger partial charge in [-0.15, -0.1) is 0 Å². The first kappa shape index (κ1) is 16.8. The fraction of sp³-hybridized carbons (Fsp3) is 0.188. The summed E-state index contributed by atoms with van der Waals surface area (Å²) in [7, 11) is -1.64. The van der Waals surface area contributed by atoms with Crippen molar-refractivity contribution in [1.29, 1.82) is 0 Å². The molecule has 1 atom stereocenters. The summed E-state index contributed by atoms with van der Waals surface area (Å²) in [6.45, 7) is 1.89. The van der Waals surface area contributed by atoms with Crippen LogP contribution in [0.5, 0.6) is 0 Å². The van der Waals surface area contributed by atoms with Crippen LogP contribution in [0.25, 0.3) is 0 Å². The number of hydrogen-bond acceptors (Lipinski definition) is 2. The van der Waals surface area contributed by atoms with Gasteiger partial charge in [0, 0.05) is 4.90 Å². The summed E-state index contributed by atoms with van der Waals surface area (Å²) in [5.74, 6) is -0.422. The van der Waals surface area contributed by atoms with Crippen molar-refractivity contribution < 1.29 is 13.0 Å². The molecule has 0 spiro atoms. The molecule has 0 heterocycles. The minimum atomic E-state index is -3.64. The Bertz CT molecular complexity index is 682. The Morgan fingerprint density at radius 3 is 2.27 bits per heavy atom. The van der Waals surface area contributed by atoms with Crippen LogP contribution in [0.3, 0.4) is 0 Å². The molecule has 116 valence electrons. The summed E-state index contributed by atoms with van der Waals surface area (Å²) in [5, 5.41) is -3.64. The molecule has 0 aliphatic rings. The number of benzene rings is 2. The monoisotopic (exact) mass is 341 g/mol. The van der Waals surface area contributed by atoms with E-state index in [0.717, 1.165) is 5.56 Å². The summed E-state index contributed by atoms with van der Waals surface area (Å²) >= 11 is 5.11. The van der Waals surface area contributed by atoms with Crippen molar-refractivity contribution in [3.8, 4) is 0 Å². The minimum Gasteiger partial charge on any atom is -0.254 e. The van der Waals surface area contributed by atoms with Crippen molar-refractivity contribution in [3.63, 3.8) is 0 Å². The molecule has 0 saturated carbocycles. The average Bonchev–Trinajstić information content (AvgIpc) is 2.47. The molecule has 0 amide bonds. The molecule has 2 rings (SSSR count). The maximum Gasteiger partial charge on any atom is 0.361 e. The fourth-order valence-electron chi connectivity index (χ4n) is 1.73. The number of rotatable bonds is 5. The van der Waals surface area contributed by atoms with Gasteiger partial charge in [-0.3, -0.25) is 4.21 Å². The normalized spacial score (nSPS) is 13.9. The summed E-state index contributed by atoms with van der Waals surface area (Å²) < 4.78 is 39.3. The topological polar surface area (TPSA) is 29.4 Å². The maximum atomic E-state index is 13.5. The van der Waals surface area contributed by atoms with Gasteiger partial charge < -0.3 is 0 Å². The van der Waals surface area contributed by atoms with Gasteiger partial charge in [0.25, 0.3) is 0 Å². The van der Waals surface area contributed by atoms with Crippen LogP contribution in [-0.4, -0.2) is 21.1 Å². The van der Waals surface area contributed by atoms with Gasteiger partial charge in [-0.1, -0.05) is 35.9 Å². The second-order valence-corrected chi connectivity index (χ2v) is 6.62. The van der Waals surface area contributed by atoms with Crippen molar-refractivity contribution in [1.82, 2.24) is 0 Å². The van der Waals surface area contributed by atoms with Gasteiger partial charge in [-0.25, -0.2) is 4.99 Å². The van der Waals surface area contributed by atoms with Crippen molar-refractivity contribution in [3.05, 3.63) is 60.2 Å². The molecule has 0 saturated heterocycles. The average molecular weight is 342 g/mol. The van der Waals surface area contributed by atoms with E-state index in [4.69, 9.17) is 11.6 Å². The van der Waals surface area contributed by atoms with Crippen LogP contribution in [0, 0.1) is 6.92 Å². The molecule has 0 N–H and O–H groups in total. The van der Waals surface area contributed by atoms with Crippen LogP contribution in [0.4, 0.5) is 14.5 Å². The van der Waals surface area contributed by atoms with Crippen molar-refractivity contribution >= 4 is 33.8 Å². The predicted octanol–water partition coefficient (Wildman–Crippen LogP) is 4.71. The third-order valence-corrected chi connectivity index (χ3v) is 4.45. The summed E-state index contributed by atoms with van der Waals surface area (Å²) in [6, 6.07) is 15.1. The highest BCUT2D eigenvalue weighted by molar-refractivity contribution is 7.85. The van der Waals surface area contributed by atoms with Crippen LogP contribution >= 0.6 is 11.6 Å². The van der Waals surface area contributed by atoms with E-state index in [1.165, 1.54) is 0 Å². The molecule has 0 aliphatic carbocycles. The van der Waals surface area contributed by atoms with Gasteiger partial charge in [0.15, 0.2) is 0 Å². The number of aryl methyl sites for hydroxylation is 1. The number of nitrogens with zero attached hydrogens (tertiary/aromatic N) is 1. The lowest BCUT2D eigenvalue weighted by molar-refractivity contribution is 0.175. The molecular formula is C16H14ClF2NOS. The number of alkyl halides is 3. The molecule has 1 unspecified atom stereocenters. The standard InChI is InChI=1S/C16H14ClF2NOS/c1-12-7-9-14(10-8-12)22(21)11-15(16(17,18)19)20-13-5-3-2-4-6-13/h2-10H,11H2,1H3. The summed E-state index contributed by atoms with van der Waals surface area (Å²) in [4.78, 5) is 4.32. The zero-order valence-corrected chi connectivity index (χ0v) is 13.4. The Kier molecular flexibility index (Phi) is 5.42. The van der Waals surface area contributed by atoms with E-state index >= 15 is 0 Å². The van der Waals surface area contributed by atoms with Crippen molar-refractivity contribution in [2.24, 2.45) is 4.99 Å². The summed E-state index contributed by atoms with van der Waals surface area (Å²) in [5.41, 5.74) is 0.736. The molecule has 2 aromatic rings. The smallest absolute Gasteiger partial charge is 0.254 e. The lowest BCUT2D eigenvalue weighted by atomic mass is 10.2. The van der Waals surface area contributed by atoms with Gasteiger partial charge in [0.2, 0.25) is 0 Å². The van der Waals surface area contributed by atoms with E-state index in [1.807, 2.05) is 6.92 Å². The molecule has 0 aliphatic heterocycles. The third kappa shape index (κ3) is 4.71. The Labute approximate surface area is 135 Å². The lowest BCUT2D eigenvalue weighted by Gasteiger charge is -2.12. The maximum absolute atomic E-state index is 13.5. The summed E-state index contributed by atoms with van der Waals surface area (Å²) in [6.07, 6.45) is 0. The predicted molar refractivity (Wildman–Crippen MR) is 86.8 cm³/mol. The van der Waals surface area contributed by atoms with Crippen molar-refractivity contribution in [2.75, 3.05) is 5.75 Å². The number of hydrogen-bond donors (Lipinski definition) is 0. The molecular weight excluding hydrogens is 328 g/mol. The SMILES string of the molecule is Cc1ccc(S(=O)CC(=Nc2ccccc2)C(F)(F)Cl)cc1. The molecule has 0 radical (unpaired) electrons. The molecule has 6 heteroatoms. The van der Waals surface area contributed by atoms with E-state index in [1.54, 1.807) is 54.6 Å². The van der Waals surface area contributed by atoms with Gasteiger partial charge in [-0.2, -0.15) is 8.78 Å². The second kappa shape index (κ2) is 7.11. The van der Waals surface area contributed by atoms with Crippen molar-refractivity contribution in [2.45, 2.75) is 17.2 Å². The largest absolute Gasteiger partial charge is 0.361 e. The van der Waals surface area contributed by atoms with E-state index < -0.39 is 27.6 Å². The van der Waals surface area contributed by atoms with Gasteiger partial charge in [-0.05, 0) is 42.8 Å². The molecule has 0 fully saturated rings. The first-order valence-electron chi connectivity index (χ1n) is 6.51. The first-order valence-corrected chi connectivity index (χ1v) is 8.21. The molecule has 0 bridgehead atoms. The zero-order chi connectivity index (χ0) is 16.2. The highest BCUT2D eigenvalue weighted by Gasteiger charge is 2.34. The first-order chi connectivity index (χ1) is 10.4.